The summed E-state index contributed by atoms with van der Waals surface area (Å²) in [5.74, 6) is 0.141. The van der Waals surface area contributed by atoms with Gasteiger partial charge in [-0.3, -0.25) is 9.00 Å². The van der Waals surface area contributed by atoms with Crippen molar-refractivity contribution in [2.24, 2.45) is 0 Å². The van der Waals surface area contributed by atoms with E-state index < -0.39 is 10.8 Å². The van der Waals surface area contributed by atoms with E-state index >= 15 is 0 Å². The van der Waals surface area contributed by atoms with Crippen molar-refractivity contribution in [2.75, 3.05) is 11.5 Å². The van der Waals surface area contributed by atoms with E-state index in [-0.39, 0.29) is 24.1 Å². The van der Waals surface area contributed by atoms with Gasteiger partial charge in [-0.25, -0.2) is 4.98 Å². The van der Waals surface area contributed by atoms with Gasteiger partial charge >= 0.3 is 0 Å². The van der Waals surface area contributed by atoms with Crippen LogP contribution in [0.15, 0.2) is 23.4 Å². The van der Waals surface area contributed by atoms with Crippen molar-refractivity contribution in [3.05, 3.63) is 18.2 Å². The zero-order valence-electron chi connectivity index (χ0n) is 11.5. The Morgan fingerprint density at radius 1 is 1.50 bits per heavy atom. The smallest absolute Gasteiger partial charge is 0.221 e. The molecule has 1 aromatic carbocycles. The largest absolute Gasteiger partial charge is 0.399 e. The summed E-state index contributed by atoms with van der Waals surface area (Å²) in [5.41, 5.74) is 7.76. The highest BCUT2D eigenvalue weighted by molar-refractivity contribution is 7.84. The van der Waals surface area contributed by atoms with Gasteiger partial charge in [0.1, 0.15) is 0 Å². The van der Waals surface area contributed by atoms with Gasteiger partial charge in [-0.2, -0.15) is 0 Å². The van der Waals surface area contributed by atoms with Crippen LogP contribution in [0, 0.1) is 0 Å². The third-order valence-electron chi connectivity index (χ3n) is 2.66. The number of nitrogen functional groups attached to an aromatic ring is 1. The summed E-state index contributed by atoms with van der Waals surface area (Å²) in [7, 11) is -1.33. The lowest BCUT2D eigenvalue weighted by atomic mass is 10.3. The molecule has 6 nitrogen and oxygen atoms in total. The predicted octanol–water partition coefficient (Wildman–Crippen LogP) is 1.17. The average Bonchev–Trinajstić information content (AvgIpc) is 2.78. The number of hydrogen-bond acceptors (Lipinski definition) is 4. The van der Waals surface area contributed by atoms with E-state index in [2.05, 4.69) is 15.3 Å². The summed E-state index contributed by atoms with van der Waals surface area (Å²) >= 11 is 0. The maximum absolute atomic E-state index is 12.1. The van der Waals surface area contributed by atoms with Crippen LogP contribution in [-0.2, 0) is 15.6 Å². The summed E-state index contributed by atoms with van der Waals surface area (Å²) in [6.07, 6.45) is 0.212. The quantitative estimate of drug-likeness (QED) is 0.720. The van der Waals surface area contributed by atoms with E-state index in [0.717, 1.165) is 5.52 Å². The van der Waals surface area contributed by atoms with Crippen molar-refractivity contribution in [1.29, 1.82) is 0 Å². The first-order chi connectivity index (χ1) is 9.45. The number of aromatic nitrogens is 2. The molecule has 1 unspecified atom stereocenters. The highest BCUT2D eigenvalue weighted by Gasteiger charge is 2.12. The van der Waals surface area contributed by atoms with Crippen LogP contribution in [0.4, 0.5) is 5.69 Å². The Morgan fingerprint density at radius 2 is 2.25 bits per heavy atom. The summed E-state index contributed by atoms with van der Waals surface area (Å²) in [4.78, 5) is 18.7. The molecule has 7 heteroatoms. The summed E-state index contributed by atoms with van der Waals surface area (Å²) in [5, 5.41) is 3.14. The number of nitrogens with two attached hydrogens (primary N) is 1. The Hall–Kier alpha value is -1.89. The first-order valence-electron chi connectivity index (χ1n) is 6.38. The van der Waals surface area contributed by atoms with Gasteiger partial charge in [0.25, 0.3) is 0 Å². The molecule has 0 radical (unpaired) electrons. The molecule has 108 valence electrons. The molecular weight excluding hydrogens is 276 g/mol. The predicted molar refractivity (Wildman–Crippen MR) is 79.7 cm³/mol. The molecule has 0 aliphatic rings. The van der Waals surface area contributed by atoms with Crippen LogP contribution < -0.4 is 11.1 Å². The van der Waals surface area contributed by atoms with E-state index in [1.807, 2.05) is 13.8 Å². The van der Waals surface area contributed by atoms with Gasteiger partial charge in [0.2, 0.25) is 5.91 Å². The molecule has 0 saturated carbocycles. The van der Waals surface area contributed by atoms with Crippen LogP contribution in [0.1, 0.15) is 20.3 Å². The highest BCUT2D eigenvalue weighted by Crippen LogP contribution is 2.16. The minimum atomic E-state index is -1.33. The Bertz CT molecular complexity index is 651. The monoisotopic (exact) mass is 294 g/mol. The molecule has 0 bridgehead atoms. The number of aromatic amines is 1. The van der Waals surface area contributed by atoms with Gasteiger partial charge in [0.15, 0.2) is 5.16 Å². The molecule has 20 heavy (non-hydrogen) atoms. The average molecular weight is 294 g/mol. The molecule has 2 aromatic rings. The van der Waals surface area contributed by atoms with E-state index in [0.29, 0.717) is 16.4 Å². The van der Waals surface area contributed by atoms with Crippen LogP contribution in [0.2, 0.25) is 0 Å². The van der Waals surface area contributed by atoms with E-state index in [4.69, 9.17) is 5.73 Å². The number of imidazole rings is 1. The molecule has 2 rings (SSSR count). The fourth-order valence-corrected chi connectivity index (χ4v) is 2.78. The molecule has 1 atom stereocenters. The summed E-state index contributed by atoms with van der Waals surface area (Å²) < 4.78 is 12.1. The minimum Gasteiger partial charge on any atom is -0.399 e. The Balaban J connectivity index is 2.02. The van der Waals surface area contributed by atoms with Crippen LogP contribution in [0.25, 0.3) is 11.0 Å². The van der Waals surface area contributed by atoms with E-state index in [9.17, 15) is 9.00 Å². The lowest BCUT2D eigenvalue weighted by Gasteiger charge is -2.07. The molecule has 1 aromatic heterocycles. The van der Waals surface area contributed by atoms with Crippen molar-refractivity contribution in [2.45, 2.75) is 31.5 Å². The van der Waals surface area contributed by atoms with Crippen molar-refractivity contribution < 1.29 is 9.00 Å². The number of rotatable bonds is 5. The van der Waals surface area contributed by atoms with Crippen molar-refractivity contribution >= 4 is 33.4 Å². The minimum absolute atomic E-state index is 0.0881. The van der Waals surface area contributed by atoms with Gasteiger partial charge in [-0.1, -0.05) is 0 Å². The number of anilines is 1. The lowest BCUT2D eigenvalue weighted by molar-refractivity contribution is -0.121. The third kappa shape index (κ3) is 3.57. The molecular formula is C13H18N4O2S. The second kappa shape index (κ2) is 6.04. The maximum Gasteiger partial charge on any atom is 0.221 e. The van der Waals surface area contributed by atoms with Crippen LogP contribution in [0.5, 0.6) is 0 Å². The van der Waals surface area contributed by atoms with Crippen molar-refractivity contribution in [3.8, 4) is 0 Å². The standard InChI is InChI=1S/C13H18N4O2S/c1-8(2)15-12(18)5-6-20(19)13-16-10-4-3-9(14)7-11(10)17-13/h3-4,7-8H,5-6,14H2,1-2H3,(H,15,18)(H,16,17). The summed E-state index contributed by atoms with van der Waals surface area (Å²) in [6, 6.07) is 5.35. The zero-order valence-corrected chi connectivity index (χ0v) is 12.3. The Morgan fingerprint density at radius 3 is 2.95 bits per heavy atom. The zero-order chi connectivity index (χ0) is 14.7. The second-order valence-corrected chi connectivity index (χ2v) is 6.33. The van der Waals surface area contributed by atoms with Gasteiger partial charge in [0.05, 0.1) is 21.8 Å². The molecule has 4 N–H and O–H groups in total. The van der Waals surface area contributed by atoms with E-state index in [1.54, 1.807) is 18.2 Å². The third-order valence-corrected chi connectivity index (χ3v) is 3.86. The fraction of sp³-hybridized carbons (Fsp3) is 0.385. The molecule has 0 fully saturated rings. The number of benzene rings is 1. The first kappa shape index (κ1) is 14.5. The second-order valence-electron chi connectivity index (χ2n) is 4.84. The first-order valence-corrected chi connectivity index (χ1v) is 7.70. The number of carbonyl (C=O) groups is 1. The highest BCUT2D eigenvalue weighted by atomic mass is 32.2. The van der Waals surface area contributed by atoms with Crippen LogP contribution in [-0.4, -0.2) is 31.9 Å². The van der Waals surface area contributed by atoms with E-state index in [1.165, 1.54) is 0 Å². The number of fused-ring (bicyclic) bond motifs is 1. The van der Waals surface area contributed by atoms with Crippen LogP contribution in [0.3, 0.4) is 0 Å². The molecule has 0 aliphatic carbocycles. The number of H-pyrrole nitrogens is 1. The Labute approximate surface area is 119 Å². The summed E-state index contributed by atoms with van der Waals surface area (Å²) in [6.45, 7) is 3.77. The fourth-order valence-electron chi connectivity index (χ4n) is 1.79. The van der Waals surface area contributed by atoms with Gasteiger partial charge in [-0.15, -0.1) is 0 Å². The number of hydrogen-bond donors (Lipinski definition) is 3. The van der Waals surface area contributed by atoms with Gasteiger partial charge < -0.3 is 16.0 Å². The molecule has 1 amide bonds. The molecule has 1 heterocycles. The Kier molecular flexibility index (Phi) is 4.39. The molecule has 0 saturated heterocycles. The molecule has 0 spiro atoms. The number of nitrogens with one attached hydrogen (secondary N) is 2. The number of amides is 1. The molecule has 0 aliphatic heterocycles. The van der Waals surface area contributed by atoms with Crippen LogP contribution >= 0.6 is 0 Å². The normalized spacial score (nSPS) is 12.8. The number of carbonyl (C=O) groups excluding carboxylic acids is 1. The van der Waals surface area contributed by atoms with Crippen molar-refractivity contribution in [1.82, 2.24) is 15.3 Å². The van der Waals surface area contributed by atoms with Gasteiger partial charge in [-0.05, 0) is 32.0 Å². The topological polar surface area (TPSA) is 101 Å². The van der Waals surface area contributed by atoms with Gasteiger partial charge in [0, 0.05) is 23.9 Å². The lowest BCUT2D eigenvalue weighted by Crippen LogP contribution is -2.30. The maximum atomic E-state index is 12.1. The van der Waals surface area contributed by atoms with Crippen molar-refractivity contribution in [3.63, 3.8) is 0 Å². The number of nitrogens with zero attached hydrogens (tertiary/aromatic N) is 1. The SMILES string of the molecule is CC(C)NC(=O)CCS(=O)c1nc2ccc(N)cc2[nH]1.